The van der Waals surface area contributed by atoms with Crippen LogP contribution in [-0.4, -0.2) is 34.9 Å². The quantitative estimate of drug-likeness (QED) is 0.938. The molecule has 126 valence electrons. The van der Waals surface area contributed by atoms with E-state index < -0.39 is 0 Å². The first-order valence-electron chi connectivity index (χ1n) is 8.39. The molecule has 0 radical (unpaired) electrons. The van der Waals surface area contributed by atoms with Gasteiger partial charge in [0.2, 0.25) is 0 Å². The third kappa shape index (κ3) is 3.57. The number of piperidine rings is 1. The Bertz CT molecular complexity index is 690. The number of likely N-dealkylation sites (tertiary alicyclic amines) is 1. The first-order chi connectivity index (χ1) is 11.7. The van der Waals surface area contributed by atoms with E-state index in [1.54, 1.807) is 18.3 Å². The predicted octanol–water partition coefficient (Wildman–Crippen LogP) is 3.07. The van der Waals surface area contributed by atoms with Crippen LogP contribution in [0.15, 0.2) is 48.7 Å². The summed E-state index contributed by atoms with van der Waals surface area (Å²) < 4.78 is 5.80. The van der Waals surface area contributed by atoms with E-state index in [1.165, 1.54) is 0 Å². The number of nitrogens with two attached hydrogens (primary N) is 1. The molecule has 5 heteroatoms. The highest BCUT2D eigenvalue weighted by molar-refractivity contribution is 5.93. The molecule has 1 aliphatic rings. The van der Waals surface area contributed by atoms with E-state index in [9.17, 15) is 4.79 Å². The van der Waals surface area contributed by atoms with Crippen molar-refractivity contribution in [2.24, 2.45) is 11.7 Å². The Kier molecular flexibility index (Phi) is 5.11. The number of hydrogen-bond donors (Lipinski definition) is 1. The van der Waals surface area contributed by atoms with Crippen LogP contribution in [0.3, 0.4) is 0 Å². The van der Waals surface area contributed by atoms with E-state index in [2.05, 4.69) is 11.9 Å². The summed E-state index contributed by atoms with van der Waals surface area (Å²) in [6.07, 6.45) is 3.72. The summed E-state index contributed by atoms with van der Waals surface area (Å²) in [4.78, 5) is 19.0. The number of ether oxygens (including phenoxy) is 1. The number of aromatic nitrogens is 1. The van der Waals surface area contributed by atoms with Crippen LogP contribution < -0.4 is 10.5 Å². The van der Waals surface area contributed by atoms with Gasteiger partial charge in [-0.1, -0.05) is 25.1 Å². The van der Waals surface area contributed by atoms with Crippen LogP contribution in [-0.2, 0) is 0 Å². The van der Waals surface area contributed by atoms with Crippen molar-refractivity contribution in [1.82, 2.24) is 9.88 Å². The Morgan fingerprint density at radius 2 is 2.08 bits per heavy atom. The minimum atomic E-state index is -0.0736. The molecule has 0 saturated carbocycles. The zero-order valence-electron chi connectivity index (χ0n) is 13.9. The normalized spacial score (nSPS) is 20.7. The molecule has 1 aliphatic heterocycles. The van der Waals surface area contributed by atoms with E-state index in [0.717, 1.165) is 25.1 Å². The minimum absolute atomic E-state index is 0.0736. The molecule has 5 nitrogen and oxygen atoms in total. The lowest BCUT2D eigenvalue weighted by Crippen LogP contribution is -2.51. The van der Waals surface area contributed by atoms with E-state index in [-0.39, 0.29) is 11.9 Å². The highest BCUT2D eigenvalue weighted by atomic mass is 16.5. The lowest BCUT2D eigenvalue weighted by atomic mass is 9.90. The molecule has 1 fully saturated rings. The number of benzene rings is 1. The van der Waals surface area contributed by atoms with Crippen LogP contribution in [0, 0.1) is 5.92 Å². The number of nitrogens with zero attached hydrogens (tertiary/aromatic N) is 2. The van der Waals surface area contributed by atoms with Gasteiger partial charge in [0.15, 0.2) is 0 Å². The van der Waals surface area contributed by atoms with Crippen molar-refractivity contribution in [2.45, 2.75) is 25.8 Å². The molecule has 0 unspecified atom stereocenters. The second-order valence-electron chi connectivity index (χ2n) is 6.21. The number of rotatable bonds is 4. The van der Waals surface area contributed by atoms with Crippen LogP contribution >= 0.6 is 0 Å². The van der Waals surface area contributed by atoms with Gasteiger partial charge < -0.3 is 15.4 Å². The Labute approximate surface area is 142 Å². The van der Waals surface area contributed by atoms with Crippen molar-refractivity contribution in [2.75, 3.05) is 13.1 Å². The summed E-state index contributed by atoms with van der Waals surface area (Å²) in [7, 11) is 0. The summed E-state index contributed by atoms with van der Waals surface area (Å²) in [6, 6.07) is 13.0. The van der Waals surface area contributed by atoms with Gasteiger partial charge in [-0.3, -0.25) is 9.78 Å². The Balaban J connectivity index is 1.79. The van der Waals surface area contributed by atoms with Gasteiger partial charge in [-0.2, -0.15) is 0 Å². The van der Waals surface area contributed by atoms with E-state index in [4.69, 9.17) is 10.5 Å². The maximum Gasteiger partial charge on any atom is 0.272 e. The fourth-order valence-electron chi connectivity index (χ4n) is 3.22. The highest BCUT2D eigenvalue weighted by Gasteiger charge is 2.31. The van der Waals surface area contributed by atoms with E-state index in [0.29, 0.717) is 23.9 Å². The number of carbonyl (C=O) groups is 1. The standard InChI is InChI=1S/C19H23N3O2/c1-14-6-5-11-22(18(14)13-20)19(23)17-12-16(9-10-21-17)24-15-7-3-2-4-8-15/h2-4,7-10,12,14,18H,5-6,11,13,20H2,1H3/t14-,18-/m0/s1. The Hall–Kier alpha value is -2.40. The van der Waals surface area contributed by atoms with E-state index >= 15 is 0 Å². The first-order valence-corrected chi connectivity index (χ1v) is 8.39. The lowest BCUT2D eigenvalue weighted by Gasteiger charge is -2.39. The number of para-hydroxylation sites is 1. The zero-order chi connectivity index (χ0) is 16.9. The van der Waals surface area contributed by atoms with Crippen molar-refractivity contribution in [3.8, 4) is 11.5 Å². The van der Waals surface area contributed by atoms with Crippen LogP contribution in [0.4, 0.5) is 0 Å². The highest BCUT2D eigenvalue weighted by Crippen LogP contribution is 2.26. The van der Waals surface area contributed by atoms with Gasteiger partial charge in [0.25, 0.3) is 5.91 Å². The average Bonchev–Trinajstić information content (AvgIpc) is 2.62. The lowest BCUT2D eigenvalue weighted by molar-refractivity contribution is 0.0526. The molecule has 0 spiro atoms. The maximum atomic E-state index is 12.9. The number of pyridine rings is 1. The smallest absolute Gasteiger partial charge is 0.272 e. The van der Waals surface area contributed by atoms with Crippen molar-refractivity contribution < 1.29 is 9.53 Å². The second kappa shape index (κ2) is 7.45. The fraction of sp³-hybridized carbons (Fsp3) is 0.368. The molecule has 3 rings (SSSR count). The molecule has 2 heterocycles. The molecule has 1 amide bonds. The van der Waals surface area contributed by atoms with Gasteiger partial charge in [-0.15, -0.1) is 0 Å². The second-order valence-corrected chi connectivity index (χ2v) is 6.21. The average molecular weight is 325 g/mol. The number of hydrogen-bond acceptors (Lipinski definition) is 4. The summed E-state index contributed by atoms with van der Waals surface area (Å²) in [5.74, 6) is 1.68. The third-order valence-corrected chi connectivity index (χ3v) is 4.55. The van der Waals surface area contributed by atoms with Crippen LogP contribution in [0.1, 0.15) is 30.3 Å². The molecule has 1 aromatic carbocycles. The third-order valence-electron chi connectivity index (χ3n) is 4.55. The van der Waals surface area contributed by atoms with Crippen molar-refractivity contribution in [3.63, 3.8) is 0 Å². The number of amides is 1. The maximum absolute atomic E-state index is 12.9. The van der Waals surface area contributed by atoms with Crippen LogP contribution in [0.2, 0.25) is 0 Å². The summed E-state index contributed by atoms with van der Waals surface area (Å²) in [6.45, 7) is 3.36. The minimum Gasteiger partial charge on any atom is -0.457 e. The van der Waals surface area contributed by atoms with Gasteiger partial charge in [0.1, 0.15) is 17.2 Å². The predicted molar refractivity (Wildman–Crippen MR) is 93.0 cm³/mol. The van der Waals surface area contributed by atoms with E-state index in [1.807, 2.05) is 35.2 Å². The van der Waals surface area contributed by atoms with Crippen molar-refractivity contribution >= 4 is 5.91 Å². The van der Waals surface area contributed by atoms with Gasteiger partial charge in [0, 0.05) is 31.4 Å². The topological polar surface area (TPSA) is 68.5 Å². The number of carbonyl (C=O) groups excluding carboxylic acids is 1. The molecule has 2 aromatic rings. The Morgan fingerprint density at radius 3 is 2.83 bits per heavy atom. The van der Waals surface area contributed by atoms with Crippen molar-refractivity contribution in [3.05, 3.63) is 54.4 Å². The van der Waals surface area contributed by atoms with Crippen LogP contribution in [0.25, 0.3) is 0 Å². The monoisotopic (exact) mass is 325 g/mol. The van der Waals surface area contributed by atoms with Crippen LogP contribution in [0.5, 0.6) is 11.5 Å². The molecule has 0 aliphatic carbocycles. The molecule has 1 aromatic heterocycles. The van der Waals surface area contributed by atoms with Gasteiger partial charge in [-0.05, 0) is 37.0 Å². The summed E-state index contributed by atoms with van der Waals surface area (Å²) >= 11 is 0. The van der Waals surface area contributed by atoms with Gasteiger partial charge in [0.05, 0.1) is 0 Å². The SMILES string of the molecule is C[C@H]1CCCN(C(=O)c2cc(Oc3ccccc3)ccn2)[C@H]1CN. The molecule has 1 saturated heterocycles. The molecular formula is C19H23N3O2. The summed E-state index contributed by atoms with van der Waals surface area (Å²) in [5, 5.41) is 0. The molecule has 2 atom stereocenters. The zero-order valence-corrected chi connectivity index (χ0v) is 13.9. The Morgan fingerprint density at radius 1 is 1.29 bits per heavy atom. The van der Waals surface area contributed by atoms with Crippen molar-refractivity contribution in [1.29, 1.82) is 0 Å². The van der Waals surface area contributed by atoms with Gasteiger partial charge >= 0.3 is 0 Å². The largest absolute Gasteiger partial charge is 0.457 e. The van der Waals surface area contributed by atoms with Gasteiger partial charge in [-0.25, -0.2) is 0 Å². The molecule has 24 heavy (non-hydrogen) atoms. The fourth-order valence-corrected chi connectivity index (χ4v) is 3.22. The molecular weight excluding hydrogens is 302 g/mol. The first kappa shape index (κ1) is 16.5. The summed E-state index contributed by atoms with van der Waals surface area (Å²) in [5.41, 5.74) is 6.29. The molecule has 2 N–H and O–H groups in total. The molecule has 0 bridgehead atoms.